The van der Waals surface area contributed by atoms with Crippen LogP contribution in [0.1, 0.15) is 39.0 Å². The molecule has 59 valence electrons. The molecule has 0 aliphatic heterocycles. The van der Waals surface area contributed by atoms with E-state index in [0.29, 0.717) is 6.04 Å². The molecule has 1 unspecified atom stereocenters. The van der Waals surface area contributed by atoms with Crippen molar-refractivity contribution in [3.63, 3.8) is 0 Å². The molecule has 0 heterocycles. The van der Waals surface area contributed by atoms with E-state index >= 15 is 0 Å². The van der Waals surface area contributed by atoms with Crippen LogP contribution in [0, 0.1) is 0 Å². The van der Waals surface area contributed by atoms with Crippen LogP contribution >= 0.6 is 0 Å². The molecule has 1 atom stereocenters. The van der Waals surface area contributed by atoms with Gasteiger partial charge < -0.3 is 0 Å². The average Bonchev–Trinajstić information content (AvgIpc) is 1.88. The molecule has 2 nitrogen and oxygen atoms in total. The van der Waals surface area contributed by atoms with Gasteiger partial charge in [-0.1, -0.05) is 19.3 Å². The molecule has 0 aromatic rings. The predicted molar refractivity (Wildman–Crippen MR) is 40.2 cm³/mol. The van der Waals surface area contributed by atoms with Gasteiger partial charge in [-0.2, -0.15) is 0 Å². The summed E-state index contributed by atoms with van der Waals surface area (Å²) < 4.78 is 0. The largest absolute Gasteiger partial charge is 0.287 e. The molecule has 0 spiro atoms. The maximum Gasteiger partial charge on any atom is 0.141 e. The Labute approximate surface area is 62.6 Å². The Bertz CT molecular complexity index is 87.3. The van der Waals surface area contributed by atoms with Crippen LogP contribution in [-0.4, -0.2) is 12.3 Å². The van der Waals surface area contributed by atoms with Crippen molar-refractivity contribution in [3.05, 3.63) is 0 Å². The van der Waals surface area contributed by atoms with E-state index in [4.69, 9.17) is 0 Å². The standard InChI is InChI=1S/C8H16NO/c1-7(10)9-8-5-3-2-4-6-8/h7-9H,2-6H2,1H3. The summed E-state index contributed by atoms with van der Waals surface area (Å²) in [6.07, 6.45) is 5.77. The maximum absolute atomic E-state index is 10.7. The van der Waals surface area contributed by atoms with Crippen molar-refractivity contribution in [2.45, 2.75) is 51.3 Å². The van der Waals surface area contributed by atoms with Crippen molar-refractivity contribution in [1.29, 1.82) is 0 Å². The van der Waals surface area contributed by atoms with Crippen molar-refractivity contribution in [2.24, 2.45) is 0 Å². The predicted octanol–water partition coefficient (Wildman–Crippen LogP) is 1.69. The SMILES string of the molecule is CC([O])NC1CCCCC1. The van der Waals surface area contributed by atoms with Gasteiger partial charge in [0.25, 0.3) is 0 Å². The lowest BCUT2D eigenvalue weighted by Gasteiger charge is -2.23. The molecule has 0 saturated heterocycles. The van der Waals surface area contributed by atoms with Crippen molar-refractivity contribution in [1.82, 2.24) is 5.32 Å². The first-order valence-electron chi connectivity index (χ1n) is 4.21. The maximum atomic E-state index is 10.7. The summed E-state index contributed by atoms with van der Waals surface area (Å²) in [6.45, 7) is 1.68. The van der Waals surface area contributed by atoms with E-state index in [1.54, 1.807) is 6.92 Å². The lowest BCUT2D eigenvalue weighted by atomic mass is 9.95. The van der Waals surface area contributed by atoms with Gasteiger partial charge in [0, 0.05) is 6.04 Å². The zero-order valence-electron chi connectivity index (χ0n) is 6.60. The molecular weight excluding hydrogens is 126 g/mol. The van der Waals surface area contributed by atoms with Crippen LogP contribution in [0.3, 0.4) is 0 Å². The molecule has 1 saturated carbocycles. The second kappa shape index (κ2) is 3.94. The smallest absolute Gasteiger partial charge is 0.141 e. The van der Waals surface area contributed by atoms with E-state index < -0.39 is 6.23 Å². The van der Waals surface area contributed by atoms with Crippen molar-refractivity contribution >= 4 is 0 Å². The average molecular weight is 142 g/mol. The van der Waals surface area contributed by atoms with Crippen LogP contribution in [0.4, 0.5) is 0 Å². The highest BCUT2D eigenvalue weighted by Crippen LogP contribution is 2.17. The summed E-state index contributed by atoms with van der Waals surface area (Å²) in [6, 6.07) is 0.515. The molecule has 1 aliphatic rings. The third-order valence-electron chi connectivity index (χ3n) is 2.08. The quantitative estimate of drug-likeness (QED) is 0.584. The molecule has 0 bridgehead atoms. The Morgan fingerprint density at radius 3 is 2.40 bits per heavy atom. The minimum atomic E-state index is -0.580. The summed E-state index contributed by atoms with van der Waals surface area (Å²) >= 11 is 0. The minimum Gasteiger partial charge on any atom is -0.287 e. The van der Waals surface area contributed by atoms with Crippen molar-refractivity contribution in [2.75, 3.05) is 0 Å². The molecule has 0 aromatic heterocycles. The molecule has 1 fully saturated rings. The van der Waals surface area contributed by atoms with Gasteiger partial charge in [0.1, 0.15) is 6.23 Å². The van der Waals surface area contributed by atoms with E-state index in [0.717, 1.165) is 0 Å². The van der Waals surface area contributed by atoms with E-state index in [1.807, 2.05) is 0 Å². The molecule has 0 aromatic carbocycles. The Balaban J connectivity index is 2.13. The molecule has 1 N–H and O–H groups in total. The first-order valence-corrected chi connectivity index (χ1v) is 4.21. The van der Waals surface area contributed by atoms with E-state index in [1.165, 1.54) is 32.1 Å². The molecule has 2 heteroatoms. The summed E-state index contributed by atoms with van der Waals surface area (Å²) in [5, 5.41) is 13.7. The van der Waals surface area contributed by atoms with Crippen LogP contribution < -0.4 is 5.32 Å². The van der Waals surface area contributed by atoms with E-state index in [-0.39, 0.29) is 0 Å². The van der Waals surface area contributed by atoms with Crippen LogP contribution in [0.5, 0.6) is 0 Å². The first-order chi connectivity index (χ1) is 4.79. The van der Waals surface area contributed by atoms with Crippen LogP contribution in [0.25, 0.3) is 0 Å². The van der Waals surface area contributed by atoms with Crippen LogP contribution in [-0.2, 0) is 5.11 Å². The van der Waals surface area contributed by atoms with E-state index in [9.17, 15) is 5.11 Å². The highest BCUT2D eigenvalue weighted by atomic mass is 16.3. The van der Waals surface area contributed by atoms with Gasteiger partial charge in [0.05, 0.1) is 0 Å². The number of rotatable bonds is 2. The lowest BCUT2D eigenvalue weighted by Crippen LogP contribution is -2.36. The number of hydrogen-bond donors (Lipinski definition) is 1. The monoisotopic (exact) mass is 142 g/mol. The van der Waals surface area contributed by atoms with Crippen molar-refractivity contribution < 1.29 is 5.11 Å². The van der Waals surface area contributed by atoms with Crippen LogP contribution in [0.15, 0.2) is 0 Å². The normalized spacial score (nSPS) is 24.6. The first kappa shape index (κ1) is 8.02. The van der Waals surface area contributed by atoms with Gasteiger partial charge in [-0.05, 0) is 19.8 Å². The van der Waals surface area contributed by atoms with Gasteiger partial charge in [0.2, 0.25) is 0 Å². The summed E-state index contributed by atoms with van der Waals surface area (Å²) in [4.78, 5) is 0. The zero-order chi connectivity index (χ0) is 7.40. The minimum absolute atomic E-state index is 0.515. The van der Waals surface area contributed by atoms with Gasteiger partial charge in [0.15, 0.2) is 0 Å². The Morgan fingerprint density at radius 2 is 1.90 bits per heavy atom. The summed E-state index contributed by atoms with van der Waals surface area (Å²) in [5.41, 5.74) is 0. The molecule has 10 heavy (non-hydrogen) atoms. The van der Waals surface area contributed by atoms with E-state index in [2.05, 4.69) is 5.32 Å². The summed E-state index contributed by atoms with van der Waals surface area (Å²) in [7, 11) is 0. The Kier molecular flexibility index (Phi) is 3.16. The summed E-state index contributed by atoms with van der Waals surface area (Å²) in [5.74, 6) is 0. The van der Waals surface area contributed by atoms with Crippen LogP contribution in [0.2, 0.25) is 0 Å². The molecule has 1 aliphatic carbocycles. The topological polar surface area (TPSA) is 31.9 Å². The van der Waals surface area contributed by atoms with Gasteiger partial charge in [-0.25, -0.2) is 5.11 Å². The fraction of sp³-hybridized carbons (Fsp3) is 1.00. The fourth-order valence-electron chi connectivity index (χ4n) is 1.60. The second-order valence-corrected chi connectivity index (χ2v) is 3.14. The molecular formula is C8H16NO. The van der Waals surface area contributed by atoms with Gasteiger partial charge in [-0.15, -0.1) is 0 Å². The van der Waals surface area contributed by atoms with Crippen molar-refractivity contribution in [3.8, 4) is 0 Å². The third kappa shape index (κ3) is 2.67. The molecule has 1 radical (unpaired) electrons. The molecule has 0 amide bonds. The third-order valence-corrected chi connectivity index (χ3v) is 2.08. The Hall–Kier alpha value is -0.0800. The highest BCUT2D eigenvalue weighted by molar-refractivity contribution is 4.71. The number of nitrogens with one attached hydrogen (secondary N) is 1. The lowest BCUT2D eigenvalue weighted by molar-refractivity contribution is 0.0586. The van der Waals surface area contributed by atoms with Gasteiger partial charge in [-0.3, -0.25) is 5.32 Å². The highest BCUT2D eigenvalue weighted by Gasteiger charge is 2.13. The number of hydrogen-bond acceptors (Lipinski definition) is 1. The second-order valence-electron chi connectivity index (χ2n) is 3.14. The molecule has 1 rings (SSSR count). The Morgan fingerprint density at radius 1 is 1.30 bits per heavy atom. The van der Waals surface area contributed by atoms with Gasteiger partial charge >= 0.3 is 0 Å². The zero-order valence-corrected chi connectivity index (χ0v) is 6.60. The fourth-order valence-corrected chi connectivity index (χ4v) is 1.60.